The predicted molar refractivity (Wildman–Crippen MR) is 54.2 cm³/mol. The average molecular weight is 214 g/mol. The molecule has 1 saturated heterocycles. The van der Waals surface area contributed by atoms with Crippen molar-refractivity contribution in [1.29, 1.82) is 0 Å². The summed E-state index contributed by atoms with van der Waals surface area (Å²) in [4.78, 5) is 6.37. The van der Waals surface area contributed by atoms with Crippen LogP contribution in [-0.4, -0.2) is 47.4 Å². The van der Waals surface area contributed by atoms with E-state index < -0.39 is 0 Å². The Morgan fingerprint density at radius 2 is 2.57 bits per heavy atom. The monoisotopic (exact) mass is 214 g/mol. The second-order valence-corrected chi connectivity index (χ2v) is 4.44. The SMILES string of the molecule is CO[C@@H]1CN(Cc2nccs2)C[C@H]1O. The number of aliphatic hydroxyl groups is 1. The number of ether oxygens (including phenoxy) is 1. The van der Waals surface area contributed by atoms with E-state index in [9.17, 15) is 5.11 Å². The zero-order valence-corrected chi connectivity index (χ0v) is 8.91. The van der Waals surface area contributed by atoms with Gasteiger partial charge in [-0.05, 0) is 0 Å². The summed E-state index contributed by atoms with van der Waals surface area (Å²) in [5, 5.41) is 12.7. The van der Waals surface area contributed by atoms with Crippen LogP contribution in [-0.2, 0) is 11.3 Å². The van der Waals surface area contributed by atoms with Gasteiger partial charge in [0.1, 0.15) is 5.01 Å². The highest BCUT2D eigenvalue weighted by atomic mass is 32.1. The molecule has 0 spiro atoms. The van der Waals surface area contributed by atoms with Gasteiger partial charge in [0.05, 0.1) is 18.8 Å². The fourth-order valence-corrected chi connectivity index (χ4v) is 2.37. The molecule has 0 aliphatic carbocycles. The third kappa shape index (κ3) is 2.12. The molecule has 0 bridgehead atoms. The van der Waals surface area contributed by atoms with Crippen LogP contribution < -0.4 is 0 Å². The molecule has 14 heavy (non-hydrogen) atoms. The summed E-state index contributed by atoms with van der Waals surface area (Å²) >= 11 is 1.64. The number of thiazole rings is 1. The molecule has 1 aromatic heterocycles. The summed E-state index contributed by atoms with van der Waals surface area (Å²) < 4.78 is 5.16. The van der Waals surface area contributed by atoms with Crippen molar-refractivity contribution >= 4 is 11.3 Å². The third-order valence-corrected chi connectivity index (χ3v) is 3.22. The lowest BCUT2D eigenvalue weighted by Gasteiger charge is -2.12. The van der Waals surface area contributed by atoms with Gasteiger partial charge in [-0.15, -0.1) is 11.3 Å². The summed E-state index contributed by atoms with van der Waals surface area (Å²) in [6.45, 7) is 2.28. The first kappa shape index (κ1) is 10.0. The Balaban J connectivity index is 1.89. The highest BCUT2D eigenvalue weighted by Crippen LogP contribution is 2.16. The molecular formula is C9H14N2O2S. The van der Waals surface area contributed by atoms with Crippen molar-refractivity contribution in [2.24, 2.45) is 0 Å². The van der Waals surface area contributed by atoms with Gasteiger partial charge < -0.3 is 9.84 Å². The molecule has 4 nitrogen and oxygen atoms in total. The van der Waals surface area contributed by atoms with Crippen LogP contribution in [0.15, 0.2) is 11.6 Å². The fourth-order valence-electron chi connectivity index (χ4n) is 1.72. The number of likely N-dealkylation sites (tertiary alicyclic amines) is 1. The van der Waals surface area contributed by atoms with E-state index in [1.807, 2.05) is 5.38 Å². The maximum atomic E-state index is 9.60. The minimum atomic E-state index is -0.361. The van der Waals surface area contributed by atoms with Crippen LogP contribution in [0, 0.1) is 0 Å². The number of hydrogen-bond acceptors (Lipinski definition) is 5. The predicted octanol–water partition coefficient (Wildman–Crippen LogP) is 0.335. The summed E-state index contributed by atoms with van der Waals surface area (Å²) in [6, 6.07) is 0. The number of aromatic nitrogens is 1. The Labute approximate surface area is 87.1 Å². The number of nitrogens with zero attached hydrogens (tertiary/aromatic N) is 2. The third-order valence-electron chi connectivity index (χ3n) is 2.46. The van der Waals surface area contributed by atoms with Gasteiger partial charge in [0.25, 0.3) is 0 Å². The molecule has 0 saturated carbocycles. The van der Waals surface area contributed by atoms with Gasteiger partial charge in [-0.25, -0.2) is 4.98 Å². The van der Waals surface area contributed by atoms with E-state index in [0.717, 1.165) is 18.1 Å². The first-order valence-electron chi connectivity index (χ1n) is 4.61. The highest BCUT2D eigenvalue weighted by molar-refractivity contribution is 7.09. The summed E-state index contributed by atoms with van der Waals surface area (Å²) in [5.74, 6) is 0. The summed E-state index contributed by atoms with van der Waals surface area (Å²) in [7, 11) is 1.64. The normalized spacial score (nSPS) is 28.4. The molecule has 1 fully saturated rings. The number of rotatable bonds is 3. The Morgan fingerprint density at radius 1 is 1.71 bits per heavy atom. The number of aliphatic hydroxyl groups excluding tert-OH is 1. The molecule has 1 N–H and O–H groups in total. The smallest absolute Gasteiger partial charge is 0.107 e. The molecule has 0 radical (unpaired) electrons. The lowest BCUT2D eigenvalue weighted by molar-refractivity contribution is 0.0215. The van der Waals surface area contributed by atoms with Crippen molar-refractivity contribution in [1.82, 2.24) is 9.88 Å². The van der Waals surface area contributed by atoms with E-state index in [0.29, 0.717) is 6.54 Å². The van der Waals surface area contributed by atoms with Crippen molar-refractivity contribution in [2.75, 3.05) is 20.2 Å². The van der Waals surface area contributed by atoms with E-state index in [1.165, 1.54) is 0 Å². The average Bonchev–Trinajstić information content (AvgIpc) is 2.76. The lowest BCUT2D eigenvalue weighted by atomic mass is 10.3. The zero-order valence-electron chi connectivity index (χ0n) is 8.09. The quantitative estimate of drug-likeness (QED) is 0.788. The molecule has 1 aromatic rings. The topological polar surface area (TPSA) is 45.6 Å². The van der Waals surface area contributed by atoms with E-state index in [1.54, 1.807) is 24.6 Å². The molecule has 1 aliphatic rings. The molecule has 0 unspecified atom stereocenters. The van der Waals surface area contributed by atoms with Gasteiger partial charge in [-0.1, -0.05) is 0 Å². The van der Waals surface area contributed by atoms with Gasteiger partial charge in [0, 0.05) is 31.8 Å². The Kier molecular flexibility index (Phi) is 3.12. The first-order valence-corrected chi connectivity index (χ1v) is 5.49. The van der Waals surface area contributed by atoms with Gasteiger partial charge >= 0.3 is 0 Å². The van der Waals surface area contributed by atoms with Gasteiger partial charge in [0.2, 0.25) is 0 Å². The standard InChI is InChI=1S/C9H14N2O2S/c1-13-8-5-11(4-7(8)12)6-9-10-2-3-14-9/h2-3,7-8,12H,4-6H2,1H3/t7-,8-/m1/s1. The van der Waals surface area contributed by atoms with Crippen LogP contribution in [0.25, 0.3) is 0 Å². The number of methoxy groups -OCH3 is 1. The number of β-amino-alcohol motifs (C(OH)–C–C–N with tert-alkyl or cyclic N) is 1. The Hall–Kier alpha value is -0.490. The lowest BCUT2D eigenvalue weighted by Crippen LogP contribution is -2.25. The molecule has 78 valence electrons. The van der Waals surface area contributed by atoms with E-state index >= 15 is 0 Å². The Bertz CT molecular complexity index is 278. The fraction of sp³-hybridized carbons (Fsp3) is 0.667. The zero-order chi connectivity index (χ0) is 9.97. The second-order valence-electron chi connectivity index (χ2n) is 3.46. The van der Waals surface area contributed by atoms with Crippen molar-refractivity contribution in [3.05, 3.63) is 16.6 Å². The van der Waals surface area contributed by atoms with E-state index in [4.69, 9.17) is 4.74 Å². The summed E-state index contributed by atoms with van der Waals surface area (Å²) in [5.41, 5.74) is 0. The maximum Gasteiger partial charge on any atom is 0.107 e. The van der Waals surface area contributed by atoms with E-state index in [-0.39, 0.29) is 12.2 Å². The van der Waals surface area contributed by atoms with Crippen molar-refractivity contribution in [2.45, 2.75) is 18.8 Å². The molecule has 2 rings (SSSR count). The molecule has 5 heteroatoms. The highest BCUT2D eigenvalue weighted by Gasteiger charge is 2.31. The largest absolute Gasteiger partial charge is 0.389 e. The minimum absolute atomic E-state index is 0.0463. The van der Waals surface area contributed by atoms with E-state index in [2.05, 4.69) is 9.88 Å². The van der Waals surface area contributed by atoms with Crippen LogP contribution in [0.2, 0.25) is 0 Å². The van der Waals surface area contributed by atoms with Gasteiger partial charge in [-0.2, -0.15) is 0 Å². The molecule has 0 amide bonds. The van der Waals surface area contributed by atoms with Gasteiger partial charge in [0.15, 0.2) is 0 Å². The number of hydrogen-bond donors (Lipinski definition) is 1. The van der Waals surface area contributed by atoms with Crippen LogP contribution >= 0.6 is 11.3 Å². The maximum absolute atomic E-state index is 9.60. The molecule has 0 aromatic carbocycles. The molecular weight excluding hydrogens is 200 g/mol. The second kappa shape index (κ2) is 4.35. The van der Waals surface area contributed by atoms with Crippen molar-refractivity contribution < 1.29 is 9.84 Å². The van der Waals surface area contributed by atoms with Crippen molar-refractivity contribution in [3.8, 4) is 0 Å². The molecule has 1 aliphatic heterocycles. The molecule has 2 atom stereocenters. The van der Waals surface area contributed by atoms with Crippen LogP contribution in [0.1, 0.15) is 5.01 Å². The molecule has 2 heterocycles. The van der Waals surface area contributed by atoms with Crippen LogP contribution in [0.5, 0.6) is 0 Å². The van der Waals surface area contributed by atoms with Crippen molar-refractivity contribution in [3.63, 3.8) is 0 Å². The van der Waals surface area contributed by atoms with Crippen LogP contribution in [0.3, 0.4) is 0 Å². The van der Waals surface area contributed by atoms with Gasteiger partial charge in [-0.3, -0.25) is 4.90 Å². The minimum Gasteiger partial charge on any atom is -0.389 e. The summed E-state index contributed by atoms with van der Waals surface area (Å²) in [6.07, 6.45) is 1.40. The van der Waals surface area contributed by atoms with Crippen LogP contribution in [0.4, 0.5) is 0 Å². The first-order chi connectivity index (χ1) is 6.79. The Morgan fingerprint density at radius 3 is 3.14 bits per heavy atom.